The quantitative estimate of drug-likeness (QED) is 0.262. The van der Waals surface area contributed by atoms with Crippen molar-refractivity contribution in [2.24, 2.45) is 0 Å². The molecule has 37 heavy (non-hydrogen) atoms. The fraction of sp³-hybridized carbons (Fsp3) is 0.286. The van der Waals surface area contributed by atoms with Gasteiger partial charge in [0.25, 0.3) is 0 Å². The average molecular weight is 514 g/mol. The molecule has 4 aromatic rings. The molecule has 0 aliphatic carbocycles. The van der Waals surface area contributed by atoms with Gasteiger partial charge in [0.05, 0.1) is 17.9 Å². The average Bonchev–Trinajstić information content (AvgIpc) is 3.24. The SMILES string of the molecule is CCO[C@@H](Cc1ccc(OCCc2nc(-c3ccc(C(F)(F)F)cc3)oc2C)c2ccccc12)C(=O)O. The summed E-state index contributed by atoms with van der Waals surface area (Å²) in [6.45, 7) is 4.10. The molecule has 0 fully saturated rings. The van der Waals surface area contributed by atoms with Crippen molar-refractivity contribution in [3.63, 3.8) is 0 Å². The Morgan fingerprint density at radius 2 is 1.76 bits per heavy atom. The summed E-state index contributed by atoms with van der Waals surface area (Å²) in [6, 6.07) is 15.9. The minimum atomic E-state index is -4.41. The molecule has 0 radical (unpaired) electrons. The first-order valence-electron chi connectivity index (χ1n) is 11.8. The minimum Gasteiger partial charge on any atom is -0.493 e. The second-order valence-electron chi connectivity index (χ2n) is 8.45. The van der Waals surface area contributed by atoms with E-state index in [1.165, 1.54) is 12.1 Å². The van der Waals surface area contributed by atoms with Crippen LogP contribution >= 0.6 is 0 Å². The summed E-state index contributed by atoms with van der Waals surface area (Å²) >= 11 is 0. The lowest BCUT2D eigenvalue weighted by atomic mass is 9.99. The summed E-state index contributed by atoms with van der Waals surface area (Å²) in [5.41, 5.74) is 1.22. The van der Waals surface area contributed by atoms with Gasteiger partial charge in [-0.15, -0.1) is 0 Å². The van der Waals surface area contributed by atoms with Gasteiger partial charge in [-0.05, 0) is 55.1 Å². The predicted octanol–water partition coefficient (Wildman–Crippen LogP) is 6.48. The number of carboxylic acids is 1. The first kappa shape index (κ1) is 26.2. The Bertz CT molecular complexity index is 1380. The number of fused-ring (bicyclic) bond motifs is 1. The summed E-state index contributed by atoms with van der Waals surface area (Å²) in [4.78, 5) is 16.0. The van der Waals surface area contributed by atoms with Crippen LogP contribution in [0.5, 0.6) is 5.75 Å². The van der Waals surface area contributed by atoms with Gasteiger partial charge in [0.15, 0.2) is 6.10 Å². The highest BCUT2D eigenvalue weighted by atomic mass is 19.4. The van der Waals surface area contributed by atoms with Crippen LogP contribution in [0.15, 0.2) is 65.1 Å². The number of benzene rings is 3. The molecule has 1 heterocycles. The fourth-order valence-corrected chi connectivity index (χ4v) is 4.10. The van der Waals surface area contributed by atoms with Gasteiger partial charge in [0, 0.05) is 30.4 Å². The van der Waals surface area contributed by atoms with E-state index in [0.717, 1.165) is 28.5 Å². The summed E-state index contributed by atoms with van der Waals surface area (Å²) in [5.74, 6) is 0.448. The third-order valence-electron chi connectivity index (χ3n) is 5.97. The number of alkyl halides is 3. The Morgan fingerprint density at radius 3 is 2.41 bits per heavy atom. The Hall–Kier alpha value is -3.85. The monoisotopic (exact) mass is 513 g/mol. The zero-order valence-corrected chi connectivity index (χ0v) is 20.3. The van der Waals surface area contributed by atoms with E-state index in [2.05, 4.69) is 4.98 Å². The third-order valence-corrected chi connectivity index (χ3v) is 5.97. The number of carbonyl (C=O) groups is 1. The molecule has 1 atom stereocenters. The molecule has 4 rings (SSSR count). The van der Waals surface area contributed by atoms with E-state index in [1.54, 1.807) is 13.8 Å². The van der Waals surface area contributed by atoms with Crippen molar-refractivity contribution in [3.05, 3.63) is 83.2 Å². The van der Waals surface area contributed by atoms with Crippen molar-refractivity contribution in [1.29, 1.82) is 0 Å². The van der Waals surface area contributed by atoms with Crippen LogP contribution in [0.1, 0.15) is 29.5 Å². The Labute approximate surface area is 211 Å². The van der Waals surface area contributed by atoms with E-state index in [9.17, 15) is 23.1 Å². The highest BCUT2D eigenvalue weighted by Crippen LogP contribution is 2.32. The number of rotatable bonds is 10. The fourth-order valence-electron chi connectivity index (χ4n) is 4.10. The first-order chi connectivity index (χ1) is 17.7. The molecule has 0 bridgehead atoms. The van der Waals surface area contributed by atoms with Crippen LogP contribution in [-0.2, 0) is 28.5 Å². The van der Waals surface area contributed by atoms with Crippen molar-refractivity contribution in [1.82, 2.24) is 4.98 Å². The number of aromatic nitrogens is 1. The number of aliphatic carboxylic acids is 1. The van der Waals surface area contributed by atoms with Crippen LogP contribution in [0.25, 0.3) is 22.2 Å². The van der Waals surface area contributed by atoms with E-state index in [4.69, 9.17) is 13.9 Å². The van der Waals surface area contributed by atoms with Gasteiger partial charge < -0.3 is 19.0 Å². The standard InChI is InChI=1S/C28H26F3NO5/c1-3-35-25(27(33)34)16-19-10-13-24(22-7-5-4-6-21(19)22)36-15-14-23-17(2)37-26(32-23)18-8-11-20(12-9-18)28(29,30)31/h4-13,25H,3,14-16H2,1-2H3,(H,33,34)/t25-/m0/s1. The Morgan fingerprint density at radius 1 is 1.05 bits per heavy atom. The number of oxazole rings is 1. The number of ether oxygens (including phenoxy) is 2. The first-order valence-corrected chi connectivity index (χ1v) is 11.8. The molecule has 0 saturated carbocycles. The second-order valence-corrected chi connectivity index (χ2v) is 8.45. The number of halogens is 3. The highest BCUT2D eigenvalue weighted by molar-refractivity contribution is 5.91. The van der Waals surface area contributed by atoms with Crippen LogP contribution < -0.4 is 4.74 Å². The maximum Gasteiger partial charge on any atom is 0.416 e. The second kappa shape index (κ2) is 11.0. The predicted molar refractivity (Wildman–Crippen MR) is 132 cm³/mol. The minimum absolute atomic E-state index is 0.231. The highest BCUT2D eigenvalue weighted by Gasteiger charge is 2.30. The lowest BCUT2D eigenvalue weighted by molar-refractivity contribution is -0.150. The molecule has 1 aromatic heterocycles. The molecule has 6 nitrogen and oxygen atoms in total. The molecule has 9 heteroatoms. The van der Waals surface area contributed by atoms with Crippen LogP contribution in [0.3, 0.4) is 0 Å². The van der Waals surface area contributed by atoms with E-state index in [1.807, 2.05) is 36.4 Å². The van der Waals surface area contributed by atoms with Crippen LogP contribution in [0.4, 0.5) is 13.2 Å². The largest absolute Gasteiger partial charge is 0.493 e. The normalized spacial score (nSPS) is 12.6. The zero-order valence-electron chi connectivity index (χ0n) is 20.3. The lowest BCUT2D eigenvalue weighted by Crippen LogP contribution is -2.26. The van der Waals surface area contributed by atoms with Gasteiger partial charge >= 0.3 is 12.1 Å². The topological polar surface area (TPSA) is 81.8 Å². The van der Waals surface area contributed by atoms with Gasteiger partial charge in [0.1, 0.15) is 11.5 Å². The molecular formula is C28H26F3NO5. The van der Waals surface area contributed by atoms with Crippen molar-refractivity contribution >= 4 is 16.7 Å². The summed E-state index contributed by atoms with van der Waals surface area (Å²) in [7, 11) is 0. The van der Waals surface area contributed by atoms with Gasteiger partial charge in [0.2, 0.25) is 5.89 Å². The molecule has 0 aliphatic rings. The Balaban J connectivity index is 1.47. The smallest absolute Gasteiger partial charge is 0.416 e. The lowest BCUT2D eigenvalue weighted by Gasteiger charge is -2.16. The van der Waals surface area contributed by atoms with E-state index >= 15 is 0 Å². The van der Waals surface area contributed by atoms with Gasteiger partial charge in [-0.25, -0.2) is 9.78 Å². The molecule has 0 unspecified atom stereocenters. The summed E-state index contributed by atoms with van der Waals surface area (Å²) in [6.07, 6.45) is -4.68. The summed E-state index contributed by atoms with van der Waals surface area (Å²) in [5, 5.41) is 11.2. The van der Waals surface area contributed by atoms with Crippen molar-refractivity contribution in [3.8, 4) is 17.2 Å². The zero-order chi connectivity index (χ0) is 26.6. The number of aryl methyl sites for hydroxylation is 1. The number of hydrogen-bond donors (Lipinski definition) is 1. The van der Waals surface area contributed by atoms with Gasteiger partial charge in [-0.1, -0.05) is 30.3 Å². The Kier molecular flexibility index (Phi) is 7.83. The number of carboxylic acid groups (broad SMARTS) is 1. The van der Waals surface area contributed by atoms with Crippen molar-refractivity contribution < 1.29 is 37.0 Å². The van der Waals surface area contributed by atoms with Crippen LogP contribution in [0.2, 0.25) is 0 Å². The van der Waals surface area contributed by atoms with E-state index in [-0.39, 0.29) is 12.3 Å². The molecule has 194 valence electrons. The van der Waals surface area contributed by atoms with E-state index < -0.39 is 23.8 Å². The van der Waals surface area contributed by atoms with Crippen molar-refractivity contribution in [2.45, 2.75) is 39.0 Å². The summed E-state index contributed by atoms with van der Waals surface area (Å²) < 4.78 is 55.6. The number of hydrogen-bond acceptors (Lipinski definition) is 5. The van der Waals surface area contributed by atoms with Crippen LogP contribution in [-0.4, -0.2) is 35.4 Å². The maximum absolute atomic E-state index is 12.8. The number of nitrogens with zero attached hydrogens (tertiary/aromatic N) is 1. The molecular weight excluding hydrogens is 487 g/mol. The van der Waals surface area contributed by atoms with E-state index in [0.29, 0.717) is 42.4 Å². The molecule has 1 N–H and O–H groups in total. The third kappa shape index (κ3) is 6.11. The van der Waals surface area contributed by atoms with Crippen LogP contribution in [0, 0.1) is 6.92 Å². The van der Waals surface area contributed by atoms with Gasteiger partial charge in [-0.2, -0.15) is 13.2 Å². The molecule has 0 aliphatic heterocycles. The maximum atomic E-state index is 12.8. The molecule has 0 spiro atoms. The molecule has 0 amide bonds. The van der Waals surface area contributed by atoms with Crippen molar-refractivity contribution in [2.75, 3.05) is 13.2 Å². The molecule has 3 aromatic carbocycles. The molecule has 0 saturated heterocycles. The van der Waals surface area contributed by atoms with Gasteiger partial charge in [-0.3, -0.25) is 0 Å².